The number of anilines is 1. The monoisotopic (exact) mass is 240 g/mol. The van der Waals surface area contributed by atoms with Crippen LogP contribution in [0.15, 0.2) is 12.3 Å². The van der Waals surface area contributed by atoms with Gasteiger partial charge in [0.15, 0.2) is 0 Å². The molecule has 6 heteroatoms. The van der Waals surface area contributed by atoms with E-state index in [0.717, 1.165) is 18.8 Å². The van der Waals surface area contributed by atoms with Crippen LogP contribution in [0.3, 0.4) is 0 Å². The summed E-state index contributed by atoms with van der Waals surface area (Å²) in [7, 11) is 1.59. The number of nitrogens with one attached hydrogen (secondary N) is 3. The van der Waals surface area contributed by atoms with Crippen LogP contribution in [0, 0.1) is 0 Å². The normalized spacial score (nSPS) is 15.4. The third-order valence-electron chi connectivity index (χ3n) is 2.48. The lowest BCUT2D eigenvalue weighted by Gasteiger charge is -2.29. The zero-order chi connectivity index (χ0) is 11.5. The van der Waals surface area contributed by atoms with Gasteiger partial charge in [0.2, 0.25) is 0 Å². The molecule has 2 heterocycles. The van der Waals surface area contributed by atoms with Gasteiger partial charge >= 0.3 is 0 Å². The second-order valence-electron chi connectivity index (χ2n) is 3.63. The van der Waals surface area contributed by atoms with Crippen LogP contribution in [-0.2, 0) is 0 Å². The summed E-state index contributed by atoms with van der Waals surface area (Å²) in [6.07, 6.45) is 1.48. The smallest absolute Gasteiger partial charge is 0.254 e. The minimum atomic E-state index is -0.168. The Morgan fingerprint density at radius 3 is 2.94 bits per heavy atom. The molecule has 1 aliphatic rings. The van der Waals surface area contributed by atoms with Crippen molar-refractivity contribution < 1.29 is 4.79 Å². The van der Waals surface area contributed by atoms with Gasteiger partial charge in [-0.05, 0) is 6.07 Å². The van der Waals surface area contributed by atoms with Crippen molar-refractivity contribution in [2.45, 2.75) is 6.04 Å². The van der Waals surface area contributed by atoms with E-state index in [2.05, 4.69) is 20.9 Å². The molecular weight excluding hydrogens is 228 g/mol. The third-order valence-corrected chi connectivity index (χ3v) is 2.69. The van der Waals surface area contributed by atoms with E-state index in [1.165, 1.54) is 6.20 Å². The van der Waals surface area contributed by atoms with Crippen molar-refractivity contribution >= 4 is 23.2 Å². The number of carbonyl (C=O) groups excluding carboxylic acids is 1. The second kappa shape index (κ2) is 4.67. The number of rotatable bonds is 3. The Hall–Kier alpha value is -1.33. The van der Waals surface area contributed by atoms with Gasteiger partial charge in [0.05, 0.1) is 17.3 Å². The summed E-state index contributed by atoms with van der Waals surface area (Å²) in [6, 6.07) is 2.02. The Labute approximate surface area is 98.6 Å². The Balaban J connectivity index is 2.24. The molecule has 0 aliphatic carbocycles. The highest BCUT2D eigenvalue weighted by Gasteiger charge is 2.19. The van der Waals surface area contributed by atoms with E-state index in [0.29, 0.717) is 16.8 Å². The number of carbonyl (C=O) groups is 1. The molecule has 16 heavy (non-hydrogen) atoms. The first-order valence-corrected chi connectivity index (χ1v) is 5.43. The highest BCUT2D eigenvalue weighted by atomic mass is 35.5. The SMILES string of the molecule is CNC(=O)c1cnc(Cl)cc1NC1CNC1. The number of nitrogens with zero attached hydrogens (tertiary/aromatic N) is 1. The van der Waals surface area contributed by atoms with Crippen LogP contribution < -0.4 is 16.0 Å². The summed E-state index contributed by atoms with van der Waals surface area (Å²) >= 11 is 5.81. The highest BCUT2D eigenvalue weighted by Crippen LogP contribution is 2.20. The predicted molar refractivity (Wildman–Crippen MR) is 62.9 cm³/mol. The first kappa shape index (κ1) is 11.2. The number of aromatic nitrogens is 1. The number of hydrogen-bond acceptors (Lipinski definition) is 4. The summed E-state index contributed by atoms with van der Waals surface area (Å²) in [5, 5.41) is 9.35. The average molecular weight is 241 g/mol. The first-order chi connectivity index (χ1) is 7.70. The van der Waals surface area contributed by atoms with Gasteiger partial charge < -0.3 is 16.0 Å². The van der Waals surface area contributed by atoms with Gasteiger partial charge in [-0.1, -0.05) is 11.6 Å². The highest BCUT2D eigenvalue weighted by molar-refractivity contribution is 6.29. The van der Waals surface area contributed by atoms with Gasteiger partial charge in [-0.25, -0.2) is 4.98 Å². The number of hydrogen-bond donors (Lipinski definition) is 3. The number of pyridine rings is 1. The van der Waals surface area contributed by atoms with E-state index in [1.54, 1.807) is 13.1 Å². The molecule has 0 saturated carbocycles. The molecule has 5 nitrogen and oxygen atoms in total. The van der Waals surface area contributed by atoms with Crippen molar-refractivity contribution in [2.24, 2.45) is 0 Å². The molecule has 1 saturated heterocycles. The average Bonchev–Trinajstić information content (AvgIpc) is 2.22. The minimum Gasteiger partial charge on any atom is -0.379 e. The molecule has 0 unspecified atom stereocenters. The van der Waals surface area contributed by atoms with Gasteiger partial charge in [0.1, 0.15) is 5.15 Å². The molecule has 1 aromatic rings. The molecule has 1 aliphatic heterocycles. The maximum atomic E-state index is 11.6. The van der Waals surface area contributed by atoms with E-state index in [-0.39, 0.29) is 5.91 Å². The Bertz CT molecular complexity index is 406. The zero-order valence-corrected chi connectivity index (χ0v) is 9.64. The molecule has 0 radical (unpaired) electrons. The summed E-state index contributed by atoms with van der Waals surface area (Å²) in [5.41, 5.74) is 1.24. The summed E-state index contributed by atoms with van der Waals surface area (Å²) in [5.74, 6) is -0.168. The van der Waals surface area contributed by atoms with Crippen molar-refractivity contribution in [3.63, 3.8) is 0 Å². The third kappa shape index (κ3) is 2.25. The topological polar surface area (TPSA) is 66.0 Å². The lowest BCUT2D eigenvalue weighted by Crippen LogP contribution is -2.51. The fraction of sp³-hybridized carbons (Fsp3) is 0.400. The van der Waals surface area contributed by atoms with Gasteiger partial charge in [0.25, 0.3) is 5.91 Å². The van der Waals surface area contributed by atoms with E-state index in [9.17, 15) is 4.79 Å². The Morgan fingerprint density at radius 2 is 2.38 bits per heavy atom. The van der Waals surface area contributed by atoms with Gasteiger partial charge in [-0.2, -0.15) is 0 Å². The standard InChI is InChI=1S/C10H13ClN4O/c1-12-10(16)7-5-14-9(11)2-8(7)15-6-3-13-4-6/h2,5-6,13H,3-4H2,1H3,(H,12,16)(H,14,15). The molecule has 3 N–H and O–H groups in total. The fourth-order valence-corrected chi connectivity index (χ4v) is 1.63. The summed E-state index contributed by atoms with van der Waals surface area (Å²) in [6.45, 7) is 1.79. The molecule has 0 atom stereocenters. The number of halogens is 1. The Morgan fingerprint density at radius 1 is 1.62 bits per heavy atom. The fourth-order valence-electron chi connectivity index (χ4n) is 1.48. The predicted octanol–water partition coefficient (Wildman–Crippen LogP) is 0.478. The molecule has 1 amide bonds. The van der Waals surface area contributed by atoms with Gasteiger partial charge in [-0.3, -0.25) is 4.79 Å². The second-order valence-corrected chi connectivity index (χ2v) is 4.02. The maximum Gasteiger partial charge on any atom is 0.254 e. The van der Waals surface area contributed by atoms with Crippen LogP contribution in [0.2, 0.25) is 5.15 Å². The molecule has 1 fully saturated rings. The van der Waals surface area contributed by atoms with Crippen molar-refractivity contribution in [3.8, 4) is 0 Å². The molecule has 1 aromatic heterocycles. The van der Waals surface area contributed by atoms with Crippen LogP contribution in [0.25, 0.3) is 0 Å². The molecule has 86 valence electrons. The first-order valence-electron chi connectivity index (χ1n) is 5.05. The summed E-state index contributed by atoms with van der Waals surface area (Å²) < 4.78 is 0. The molecule has 0 spiro atoms. The van der Waals surface area contributed by atoms with Crippen molar-refractivity contribution in [1.29, 1.82) is 0 Å². The van der Waals surface area contributed by atoms with Crippen molar-refractivity contribution in [2.75, 3.05) is 25.5 Å². The van der Waals surface area contributed by atoms with E-state index >= 15 is 0 Å². The van der Waals surface area contributed by atoms with Crippen LogP contribution >= 0.6 is 11.6 Å². The van der Waals surface area contributed by atoms with Crippen molar-refractivity contribution in [1.82, 2.24) is 15.6 Å². The van der Waals surface area contributed by atoms with Crippen LogP contribution in [0.1, 0.15) is 10.4 Å². The van der Waals surface area contributed by atoms with Crippen LogP contribution in [-0.4, -0.2) is 37.1 Å². The molecule has 0 aromatic carbocycles. The van der Waals surface area contributed by atoms with Gasteiger partial charge in [-0.15, -0.1) is 0 Å². The quantitative estimate of drug-likeness (QED) is 0.673. The summed E-state index contributed by atoms with van der Waals surface area (Å²) in [4.78, 5) is 15.5. The largest absolute Gasteiger partial charge is 0.379 e. The van der Waals surface area contributed by atoms with E-state index < -0.39 is 0 Å². The minimum absolute atomic E-state index is 0.168. The van der Waals surface area contributed by atoms with E-state index in [4.69, 9.17) is 11.6 Å². The van der Waals surface area contributed by atoms with Gasteiger partial charge in [0, 0.05) is 26.3 Å². The lowest BCUT2D eigenvalue weighted by atomic mass is 10.1. The van der Waals surface area contributed by atoms with E-state index in [1.807, 2.05) is 0 Å². The number of amides is 1. The van der Waals surface area contributed by atoms with Crippen LogP contribution in [0.5, 0.6) is 0 Å². The lowest BCUT2D eigenvalue weighted by molar-refractivity contribution is 0.0963. The Kier molecular flexibility index (Phi) is 3.26. The van der Waals surface area contributed by atoms with Crippen molar-refractivity contribution in [3.05, 3.63) is 23.0 Å². The maximum absolute atomic E-state index is 11.6. The molecule has 0 bridgehead atoms. The zero-order valence-electron chi connectivity index (χ0n) is 8.88. The van der Waals surface area contributed by atoms with Crippen LogP contribution in [0.4, 0.5) is 5.69 Å². The molecular formula is C10H13ClN4O. The molecule has 2 rings (SSSR count).